The van der Waals surface area contributed by atoms with Gasteiger partial charge in [0, 0.05) is 43.4 Å². The van der Waals surface area contributed by atoms with Gasteiger partial charge in [-0.1, -0.05) is 12.1 Å². The second-order valence-electron chi connectivity index (χ2n) is 8.18. The Labute approximate surface area is 192 Å². The molecular weight excluding hydrogens is 418 g/mol. The summed E-state index contributed by atoms with van der Waals surface area (Å²) in [6.07, 6.45) is 3.60. The van der Waals surface area contributed by atoms with Crippen LogP contribution in [0.25, 0.3) is 28.0 Å². The van der Waals surface area contributed by atoms with Crippen molar-refractivity contribution in [2.75, 3.05) is 36.1 Å². The van der Waals surface area contributed by atoms with Crippen molar-refractivity contribution in [3.05, 3.63) is 48.8 Å². The lowest BCUT2D eigenvalue weighted by Gasteiger charge is -2.34. The van der Waals surface area contributed by atoms with Crippen molar-refractivity contribution in [2.24, 2.45) is 0 Å². The molecule has 170 valence electrons. The molecule has 0 radical (unpaired) electrons. The summed E-state index contributed by atoms with van der Waals surface area (Å²) >= 11 is 0. The zero-order chi connectivity index (χ0) is 22.9. The van der Waals surface area contributed by atoms with Crippen LogP contribution in [0.3, 0.4) is 0 Å². The Kier molecular flexibility index (Phi) is 5.55. The second-order valence-corrected chi connectivity index (χ2v) is 8.18. The van der Waals surface area contributed by atoms with E-state index in [9.17, 15) is 4.79 Å². The number of anilines is 2. The summed E-state index contributed by atoms with van der Waals surface area (Å²) < 4.78 is 7.39. The molecule has 1 aliphatic rings. The molecule has 1 N–H and O–H groups in total. The first-order chi connectivity index (χ1) is 16.1. The molecule has 9 nitrogen and oxygen atoms in total. The van der Waals surface area contributed by atoms with Crippen molar-refractivity contribution in [1.29, 1.82) is 0 Å². The summed E-state index contributed by atoms with van der Waals surface area (Å²) in [6, 6.07) is 12.3. The summed E-state index contributed by atoms with van der Waals surface area (Å²) in [4.78, 5) is 21.0. The van der Waals surface area contributed by atoms with E-state index in [1.165, 1.54) is 0 Å². The zero-order valence-electron chi connectivity index (χ0n) is 19.0. The van der Waals surface area contributed by atoms with E-state index in [1.54, 1.807) is 22.7 Å². The number of nitrogens with zero attached hydrogens (tertiary/aromatic N) is 6. The Hall–Kier alpha value is -3.72. The smallest absolute Gasteiger partial charge is 0.223 e. The van der Waals surface area contributed by atoms with Gasteiger partial charge in [-0.15, -0.1) is 0 Å². The predicted octanol–water partition coefficient (Wildman–Crippen LogP) is 3.41. The van der Waals surface area contributed by atoms with E-state index in [1.807, 2.05) is 43.5 Å². The summed E-state index contributed by atoms with van der Waals surface area (Å²) in [6.45, 7) is 8.45. The number of H-pyrrole nitrogens is 1. The fourth-order valence-corrected chi connectivity index (χ4v) is 4.39. The van der Waals surface area contributed by atoms with E-state index in [0.717, 1.165) is 40.2 Å². The summed E-state index contributed by atoms with van der Waals surface area (Å²) in [7, 11) is 0. The number of ether oxygens (including phenoxy) is 1. The number of nitrogens with one attached hydrogen (secondary N) is 1. The van der Waals surface area contributed by atoms with Gasteiger partial charge >= 0.3 is 0 Å². The van der Waals surface area contributed by atoms with Crippen LogP contribution in [0, 0.1) is 0 Å². The van der Waals surface area contributed by atoms with Gasteiger partial charge in [-0.25, -0.2) is 4.98 Å². The van der Waals surface area contributed by atoms with Gasteiger partial charge in [-0.05, 0) is 43.2 Å². The van der Waals surface area contributed by atoms with Gasteiger partial charge in [0.05, 0.1) is 25.5 Å². The topological polar surface area (TPSA) is 92.2 Å². The molecule has 4 aromatic rings. The molecule has 0 saturated carbocycles. The molecule has 1 aliphatic heterocycles. The molecule has 4 heterocycles. The first kappa shape index (κ1) is 21.1. The molecule has 5 rings (SSSR count). The lowest BCUT2D eigenvalue weighted by Crippen LogP contribution is -2.44. The standard InChI is InChI=1S/C24H27N7O2/c1-4-29(17(3)32)19-7-5-18(6-8-19)20-13-23(30-11-12-33-15-16(30)2)27-24-21(20)14-26-31(24)22-9-10-25-28-22/h5-10,13-14,16H,4,11-12,15H2,1-3H3,(H,25,28)/t16-/m1/s1. The fourth-order valence-electron chi connectivity index (χ4n) is 4.39. The number of aromatic nitrogens is 5. The Morgan fingerprint density at radius 2 is 2.06 bits per heavy atom. The monoisotopic (exact) mass is 445 g/mol. The van der Waals surface area contributed by atoms with Gasteiger partial charge in [0.25, 0.3) is 0 Å². The molecule has 1 amide bonds. The number of benzene rings is 1. The van der Waals surface area contributed by atoms with Crippen molar-refractivity contribution in [3.63, 3.8) is 0 Å². The molecule has 0 spiro atoms. The normalized spacial score (nSPS) is 16.3. The molecule has 1 saturated heterocycles. The van der Waals surface area contributed by atoms with E-state index in [0.29, 0.717) is 25.6 Å². The molecule has 0 unspecified atom stereocenters. The van der Waals surface area contributed by atoms with Gasteiger partial charge < -0.3 is 14.5 Å². The maximum Gasteiger partial charge on any atom is 0.223 e. The van der Waals surface area contributed by atoms with Gasteiger partial charge in [-0.2, -0.15) is 14.9 Å². The third-order valence-electron chi connectivity index (χ3n) is 6.08. The van der Waals surface area contributed by atoms with E-state index < -0.39 is 0 Å². The van der Waals surface area contributed by atoms with Gasteiger partial charge in [0.15, 0.2) is 11.5 Å². The molecular formula is C24H27N7O2. The minimum atomic E-state index is 0.0282. The molecule has 1 fully saturated rings. The van der Waals surface area contributed by atoms with Gasteiger partial charge in [-0.3, -0.25) is 9.89 Å². The quantitative estimate of drug-likeness (QED) is 0.506. The first-order valence-electron chi connectivity index (χ1n) is 11.2. The number of pyridine rings is 1. The summed E-state index contributed by atoms with van der Waals surface area (Å²) in [5, 5.41) is 12.7. The fraction of sp³-hybridized carbons (Fsp3) is 0.333. The minimum Gasteiger partial charge on any atom is -0.377 e. The van der Waals surface area contributed by atoms with Crippen LogP contribution in [0.4, 0.5) is 11.5 Å². The number of rotatable bonds is 5. The van der Waals surface area contributed by atoms with Crippen LogP contribution >= 0.6 is 0 Å². The number of carbonyl (C=O) groups is 1. The predicted molar refractivity (Wildman–Crippen MR) is 128 cm³/mol. The Morgan fingerprint density at radius 3 is 2.73 bits per heavy atom. The highest BCUT2D eigenvalue weighted by Gasteiger charge is 2.23. The lowest BCUT2D eigenvalue weighted by atomic mass is 10.0. The highest BCUT2D eigenvalue weighted by molar-refractivity contribution is 5.96. The SMILES string of the molecule is CCN(C(C)=O)c1ccc(-c2cc(N3CCOC[C@H]3C)nc3c2cnn3-c2cc[nH]n2)cc1. The minimum absolute atomic E-state index is 0.0282. The number of hydrogen-bond donors (Lipinski definition) is 1. The third-order valence-corrected chi connectivity index (χ3v) is 6.08. The van der Waals surface area contributed by atoms with Crippen LogP contribution in [0.1, 0.15) is 20.8 Å². The van der Waals surface area contributed by atoms with Crippen molar-refractivity contribution in [2.45, 2.75) is 26.8 Å². The molecule has 1 aromatic carbocycles. The number of aromatic amines is 1. The van der Waals surface area contributed by atoms with Gasteiger partial charge in [0.2, 0.25) is 5.91 Å². The van der Waals surface area contributed by atoms with Crippen LogP contribution < -0.4 is 9.80 Å². The highest BCUT2D eigenvalue weighted by Crippen LogP contribution is 2.34. The van der Waals surface area contributed by atoms with Crippen molar-refractivity contribution >= 4 is 28.4 Å². The van der Waals surface area contributed by atoms with Crippen LogP contribution in [-0.2, 0) is 9.53 Å². The van der Waals surface area contributed by atoms with E-state index >= 15 is 0 Å². The van der Waals surface area contributed by atoms with Gasteiger partial charge in [0.1, 0.15) is 5.82 Å². The summed E-state index contributed by atoms with van der Waals surface area (Å²) in [5.41, 5.74) is 3.70. The van der Waals surface area contributed by atoms with Crippen LogP contribution in [0.15, 0.2) is 48.8 Å². The molecule has 0 bridgehead atoms. The zero-order valence-corrected chi connectivity index (χ0v) is 19.0. The second kappa shape index (κ2) is 8.67. The molecule has 9 heteroatoms. The van der Waals surface area contributed by atoms with Crippen LogP contribution in [0.5, 0.6) is 0 Å². The maximum atomic E-state index is 12.0. The van der Waals surface area contributed by atoms with Crippen molar-refractivity contribution in [1.82, 2.24) is 25.0 Å². The largest absolute Gasteiger partial charge is 0.377 e. The Morgan fingerprint density at radius 1 is 1.24 bits per heavy atom. The number of amides is 1. The van der Waals surface area contributed by atoms with Crippen molar-refractivity contribution < 1.29 is 9.53 Å². The van der Waals surface area contributed by atoms with E-state index in [-0.39, 0.29) is 11.9 Å². The first-order valence-corrected chi connectivity index (χ1v) is 11.2. The Bertz CT molecular complexity index is 1260. The molecule has 0 aliphatic carbocycles. The number of hydrogen-bond acceptors (Lipinski definition) is 6. The maximum absolute atomic E-state index is 12.0. The lowest BCUT2D eigenvalue weighted by molar-refractivity contribution is -0.116. The molecule has 1 atom stereocenters. The Balaban J connectivity index is 1.65. The number of morpholine rings is 1. The van der Waals surface area contributed by atoms with Crippen LogP contribution in [-0.4, -0.2) is 63.2 Å². The number of fused-ring (bicyclic) bond motifs is 1. The third kappa shape index (κ3) is 3.84. The molecule has 3 aromatic heterocycles. The number of carbonyl (C=O) groups excluding carboxylic acids is 1. The average molecular weight is 446 g/mol. The molecule has 33 heavy (non-hydrogen) atoms. The highest BCUT2D eigenvalue weighted by atomic mass is 16.5. The van der Waals surface area contributed by atoms with Crippen molar-refractivity contribution in [3.8, 4) is 16.9 Å². The van der Waals surface area contributed by atoms with Crippen LogP contribution in [0.2, 0.25) is 0 Å². The van der Waals surface area contributed by atoms with E-state index in [2.05, 4.69) is 33.2 Å². The average Bonchev–Trinajstić information content (AvgIpc) is 3.49. The summed E-state index contributed by atoms with van der Waals surface area (Å²) in [5.74, 6) is 1.60. The van der Waals surface area contributed by atoms with E-state index in [4.69, 9.17) is 9.72 Å².